The normalized spacial score (nSPS) is 19.4. The van der Waals surface area contributed by atoms with Crippen LogP contribution in [0.4, 0.5) is 0 Å². The molecule has 3 aromatic carbocycles. The van der Waals surface area contributed by atoms with Crippen LogP contribution >= 0.6 is 0 Å². The molecule has 2 aliphatic heterocycles. The number of nitrogens with two attached hydrogens (primary N) is 4. The summed E-state index contributed by atoms with van der Waals surface area (Å²) < 4.78 is 0. The van der Waals surface area contributed by atoms with Crippen molar-refractivity contribution in [1.29, 1.82) is 0 Å². The number of nitrogens with zero attached hydrogens (tertiary/aromatic N) is 2. The van der Waals surface area contributed by atoms with Gasteiger partial charge in [0, 0.05) is 55.2 Å². The van der Waals surface area contributed by atoms with Gasteiger partial charge in [0.1, 0.15) is 42.3 Å². The number of primary amides is 4. The van der Waals surface area contributed by atoms with Crippen molar-refractivity contribution < 1.29 is 112 Å². The molecule has 15 amide bonds. The maximum atomic E-state index is 14.7. The lowest BCUT2D eigenvalue weighted by Crippen LogP contribution is -2.66. The molecule has 38 heteroatoms. The van der Waals surface area contributed by atoms with Crippen molar-refractivity contribution in [2.75, 3.05) is 13.2 Å². The molecule has 2 aliphatic rings. The largest absolute Gasteiger partial charge is 0.481 e. The standard InChI is InChI=1S/C67H89N15O23/c1-31(2)22-42(56(70)94)74-65(103)48(23-33-8-6-5-7-9-33)82-67(105)46(30-84)72-51(87)19-15-39(61(99)79-82)45(29-83)77-64(102)43(27-50(69)86)75-59(97)37-13-11-34-24-36(12-10-35(34)25-37)58(96)73-41(16-21-53(90)91)63(101)78-55(32(3)4)40-26-38(14-20-52(88)89)60(98)76-44(28-54(92)93)66(104)81(80-62(40)100)47(57(71)95)17-18-49(68)85/h5-13,24-25,31-32,38-48,55,83-84H,14-23,26-30H2,1-4H3,(H2,68,85)(H2,69,86)(H2,70,94)(H2,71,95)(H,72,87)(H,73,96)(H,74,103)(H,75,97)(H,76,98)(H,77,102)(H,78,101)(H,79,99)(H,80,100)(H,88,89)(H,90,91)(H,92,93)/t38-,39?,40+,41+,42+,43-,44+,45+,46+,47-,48+,55+/m1/s1. The number of hydrogen-bond acceptors (Lipinski definition) is 20. The molecule has 0 aromatic heterocycles. The SMILES string of the molecule is CC(C)C[C@H](NC(=O)[C@H](Cc1ccccc1)N1NC(=O)C([C@H](CO)NC(=O)[C@@H](CC(N)=O)NC(=O)c2ccc3cc(C(=O)N[C@@H](CCC(=O)O)C(=O)N[C@@H](C(C)C)[C@@H]4C[C@@H](CCC(=O)O)C(=O)N[C@@H](CC(=O)O)C(=O)N([C@H](CCC(N)=O)C(N)=O)NC4=O)ccc3c2)CCC(=O)N[C@@H](CO)C1=O)C(N)=O. The number of hydrogen-bond donors (Lipinski definition) is 18. The molecule has 0 bridgehead atoms. The molecule has 2 saturated heterocycles. The highest BCUT2D eigenvalue weighted by molar-refractivity contribution is 6.05. The van der Waals surface area contributed by atoms with E-state index in [0.29, 0.717) is 15.6 Å². The van der Waals surface area contributed by atoms with Crippen LogP contribution in [-0.4, -0.2) is 210 Å². The van der Waals surface area contributed by atoms with Gasteiger partial charge in [-0.2, -0.15) is 0 Å². The summed E-state index contributed by atoms with van der Waals surface area (Å²) in [7, 11) is 0. The van der Waals surface area contributed by atoms with Crippen LogP contribution in [-0.2, 0) is 83.1 Å². The molecular weight excluding hydrogens is 1380 g/mol. The van der Waals surface area contributed by atoms with Gasteiger partial charge in [0.15, 0.2) is 0 Å². The minimum absolute atomic E-state index is 0.0628. The average molecular weight is 1470 g/mol. The number of aliphatic carboxylic acids is 3. The molecule has 1 unspecified atom stereocenters. The maximum Gasteiger partial charge on any atom is 0.305 e. The van der Waals surface area contributed by atoms with Crippen molar-refractivity contribution in [3.05, 3.63) is 83.4 Å². The molecule has 0 spiro atoms. The monoisotopic (exact) mass is 1470 g/mol. The van der Waals surface area contributed by atoms with Gasteiger partial charge in [-0.05, 0) is 91.0 Å². The summed E-state index contributed by atoms with van der Waals surface area (Å²) in [6, 6.07) is 0.565. The molecule has 3 aromatic rings. The number of carboxylic acid groups (broad SMARTS) is 3. The number of hydrazine groups is 2. The minimum atomic E-state index is -2.01. The third-order valence-electron chi connectivity index (χ3n) is 17.4. The Kier molecular flexibility index (Phi) is 31.3. The number of aliphatic hydroxyl groups is 2. The molecule has 0 radical (unpaired) electrons. The number of aliphatic hydroxyl groups excluding tert-OH is 2. The highest BCUT2D eigenvalue weighted by Crippen LogP contribution is 2.29. The van der Waals surface area contributed by atoms with Gasteiger partial charge in [-0.1, -0.05) is 70.2 Å². The number of rotatable bonds is 36. The van der Waals surface area contributed by atoms with Crippen LogP contribution in [0.1, 0.15) is 131 Å². The van der Waals surface area contributed by atoms with E-state index in [4.69, 9.17) is 22.9 Å². The molecule has 0 aliphatic carbocycles. The predicted octanol–water partition coefficient (Wildman–Crippen LogP) is -4.79. The first-order valence-electron chi connectivity index (χ1n) is 33.4. The number of nitrogens with one attached hydrogen (secondary N) is 9. The Morgan fingerprint density at radius 3 is 1.64 bits per heavy atom. The Hall–Kier alpha value is -11.7. The van der Waals surface area contributed by atoms with Crippen LogP contribution in [0, 0.1) is 29.6 Å². The number of carbonyl (C=O) groups is 18. The fraction of sp³-hybridized carbons (Fsp3) is 0.493. The van der Waals surface area contributed by atoms with E-state index in [1.54, 1.807) is 44.2 Å². The Morgan fingerprint density at radius 2 is 1.12 bits per heavy atom. The first-order valence-corrected chi connectivity index (χ1v) is 33.4. The number of carboxylic acids is 3. The van der Waals surface area contributed by atoms with Gasteiger partial charge in [-0.15, -0.1) is 0 Å². The van der Waals surface area contributed by atoms with Crippen LogP contribution in [0.2, 0.25) is 0 Å². The van der Waals surface area contributed by atoms with Crippen molar-refractivity contribution in [2.24, 2.45) is 52.5 Å². The summed E-state index contributed by atoms with van der Waals surface area (Å²) in [5, 5.41) is 68.7. The second kappa shape index (κ2) is 39.1. The van der Waals surface area contributed by atoms with Gasteiger partial charge >= 0.3 is 17.9 Å². The van der Waals surface area contributed by atoms with E-state index >= 15 is 0 Å². The molecule has 570 valence electrons. The topological polar surface area (TPSA) is 627 Å². The highest BCUT2D eigenvalue weighted by Gasteiger charge is 2.46. The Balaban J connectivity index is 1.41. The first-order chi connectivity index (χ1) is 49.4. The molecule has 105 heavy (non-hydrogen) atoms. The summed E-state index contributed by atoms with van der Waals surface area (Å²) in [4.78, 5) is 242. The molecule has 5 rings (SSSR count). The van der Waals surface area contributed by atoms with Crippen LogP contribution in [0.25, 0.3) is 10.8 Å². The molecule has 2 heterocycles. The summed E-state index contributed by atoms with van der Waals surface area (Å²) >= 11 is 0. The van der Waals surface area contributed by atoms with Crippen molar-refractivity contribution in [3.8, 4) is 0 Å². The van der Waals surface area contributed by atoms with E-state index in [9.17, 15) is 112 Å². The lowest BCUT2D eigenvalue weighted by Gasteiger charge is -2.38. The number of carbonyl (C=O) groups excluding carboxylic acids is 15. The molecule has 0 saturated carbocycles. The summed E-state index contributed by atoms with van der Waals surface area (Å²) in [5.41, 5.74) is 26.8. The zero-order chi connectivity index (χ0) is 78.3. The molecular formula is C67H89N15O23. The van der Waals surface area contributed by atoms with Crippen LogP contribution in [0.15, 0.2) is 66.7 Å². The van der Waals surface area contributed by atoms with E-state index in [1.807, 2.05) is 0 Å². The van der Waals surface area contributed by atoms with E-state index in [0.717, 1.165) is 0 Å². The predicted molar refractivity (Wildman–Crippen MR) is 363 cm³/mol. The lowest BCUT2D eigenvalue weighted by atomic mass is 9.80. The number of benzene rings is 3. The van der Waals surface area contributed by atoms with E-state index in [-0.39, 0.29) is 40.7 Å². The average Bonchev–Trinajstić information content (AvgIpc) is 0.815. The maximum absolute atomic E-state index is 14.7. The molecule has 22 N–H and O–H groups in total. The van der Waals surface area contributed by atoms with Crippen molar-refractivity contribution in [1.82, 2.24) is 58.1 Å². The van der Waals surface area contributed by atoms with E-state index in [1.165, 1.54) is 50.2 Å². The van der Waals surface area contributed by atoms with Crippen molar-refractivity contribution in [2.45, 2.75) is 166 Å². The summed E-state index contributed by atoms with van der Waals surface area (Å²) in [5.74, 6) is -26.9. The molecule has 12 atom stereocenters. The van der Waals surface area contributed by atoms with Gasteiger partial charge in [0.25, 0.3) is 23.6 Å². The minimum Gasteiger partial charge on any atom is -0.481 e. The fourth-order valence-corrected chi connectivity index (χ4v) is 11.9. The van der Waals surface area contributed by atoms with E-state index < -0.39 is 268 Å². The smallest absolute Gasteiger partial charge is 0.305 e. The van der Waals surface area contributed by atoms with Crippen LogP contribution < -0.4 is 71.0 Å². The van der Waals surface area contributed by atoms with Gasteiger partial charge in [0.05, 0.1) is 43.9 Å². The van der Waals surface area contributed by atoms with Crippen molar-refractivity contribution in [3.63, 3.8) is 0 Å². The van der Waals surface area contributed by atoms with Gasteiger partial charge in [-0.3, -0.25) is 97.2 Å². The van der Waals surface area contributed by atoms with Gasteiger partial charge in [0.2, 0.25) is 65.0 Å². The fourth-order valence-electron chi connectivity index (χ4n) is 11.9. The van der Waals surface area contributed by atoms with Crippen LogP contribution in [0.5, 0.6) is 0 Å². The lowest BCUT2D eigenvalue weighted by molar-refractivity contribution is -0.155. The first kappa shape index (κ1) is 84.0. The number of fused-ring (bicyclic) bond motifs is 1. The zero-order valence-electron chi connectivity index (χ0n) is 57.8. The third kappa shape index (κ3) is 24.8. The van der Waals surface area contributed by atoms with Crippen LogP contribution in [0.3, 0.4) is 0 Å². The van der Waals surface area contributed by atoms with Gasteiger partial charge < -0.3 is 85.7 Å². The molecule has 38 nitrogen and oxygen atoms in total. The van der Waals surface area contributed by atoms with Gasteiger partial charge in [-0.25, -0.2) is 10.0 Å². The Labute approximate surface area is 599 Å². The second-order valence-electron chi connectivity index (χ2n) is 26.2. The number of amides is 15. The summed E-state index contributed by atoms with van der Waals surface area (Å²) in [6.07, 6.45) is -7.68. The quantitative estimate of drug-likeness (QED) is 0.0260. The second-order valence-corrected chi connectivity index (χ2v) is 26.2. The highest BCUT2D eigenvalue weighted by atomic mass is 16.4. The van der Waals surface area contributed by atoms with E-state index in [2.05, 4.69) is 48.1 Å². The Bertz CT molecular complexity index is 3800. The van der Waals surface area contributed by atoms with Crippen molar-refractivity contribution >= 4 is 117 Å². The zero-order valence-corrected chi connectivity index (χ0v) is 57.8. The third-order valence-corrected chi connectivity index (χ3v) is 17.4. The molecule has 2 fully saturated rings. The Morgan fingerprint density at radius 1 is 0.562 bits per heavy atom. The summed E-state index contributed by atoms with van der Waals surface area (Å²) in [6.45, 7) is 4.42.